The molecule has 1 aliphatic rings. The van der Waals surface area contributed by atoms with Crippen LogP contribution in [-0.2, 0) is 6.42 Å². The Morgan fingerprint density at radius 3 is 2.67 bits per heavy atom. The van der Waals surface area contributed by atoms with Crippen molar-refractivity contribution in [1.82, 2.24) is 9.97 Å². The number of aromatic amines is 1. The van der Waals surface area contributed by atoms with Crippen molar-refractivity contribution in [3.8, 4) is 11.3 Å². The number of H-pyrrole nitrogens is 1. The number of rotatable bonds is 1. The van der Waals surface area contributed by atoms with Gasteiger partial charge in [0, 0.05) is 17.7 Å². The average Bonchev–Trinajstić information content (AvgIpc) is 2.76. The Morgan fingerprint density at radius 2 is 1.94 bits per heavy atom. The fraction of sp³-hybridized carbons (Fsp3) is 0.167. The van der Waals surface area contributed by atoms with E-state index in [-0.39, 0.29) is 0 Å². The summed E-state index contributed by atoms with van der Waals surface area (Å²) in [7, 11) is 0. The molecule has 0 radical (unpaired) electrons. The van der Waals surface area contributed by atoms with Crippen molar-refractivity contribution in [2.45, 2.75) is 6.42 Å². The van der Waals surface area contributed by atoms with Crippen LogP contribution < -0.4 is 11.0 Å². The van der Waals surface area contributed by atoms with Gasteiger partial charge in [-0.15, -0.1) is 0 Å². The molecule has 1 aliphatic heterocycles. The van der Waals surface area contributed by atoms with Gasteiger partial charge in [-0.25, -0.2) is 4.79 Å². The number of aromatic nitrogens is 2. The zero-order valence-corrected chi connectivity index (χ0v) is 10.8. The molecule has 2 aromatic rings. The van der Waals surface area contributed by atoms with Crippen molar-refractivity contribution in [2.24, 2.45) is 0 Å². The van der Waals surface area contributed by atoms with Gasteiger partial charge in [-0.2, -0.15) is 4.98 Å². The normalized spacial score (nSPS) is 13.2. The molecule has 92 valence electrons. The first-order chi connectivity index (χ1) is 8.66. The van der Waals surface area contributed by atoms with Crippen LogP contribution in [0.4, 0.5) is 5.82 Å². The Balaban J connectivity index is 2.33. The molecule has 0 unspecified atom stereocenters. The Kier molecular flexibility index (Phi) is 2.76. The maximum Gasteiger partial charge on any atom is 0.347 e. The molecule has 1 aromatic carbocycles. The van der Waals surface area contributed by atoms with Crippen molar-refractivity contribution in [3.05, 3.63) is 44.3 Å². The smallest absolute Gasteiger partial charge is 0.347 e. The van der Waals surface area contributed by atoms with Crippen molar-refractivity contribution in [3.63, 3.8) is 0 Å². The molecule has 2 heterocycles. The Hall–Kier alpha value is -1.52. The first kappa shape index (κ1) is 11.6. The van der Waals surface area contributed by atoms with Crippen LogP contribution in [0, 0.1) is 0 Å². The monoisotopic (exact) mass is 281 g/mol. The molecule has 0 fully saturated rings. The number of halogens is 2. The SMILES string of the molecule is O=c1nc2c(c(-c3c(Cl)cccc3Cl)[nH]1)CCN2. The molecule has 0 atom stereocenters. The fourth-order valence-corrected chi connectivity index (χ4v) is 2.73. The largest absolute Gasteiger partial charge is 0.369 e. The lowest BCUT2D eigenvalue weighted by molar-refractivity contribution is 1.06. The van der Waals surface area contributed by atoms with Gasteiger partial charge in [0.15, 0.2) is 0 Å². The molecular formula is C12H9Cl2N3O. The van der Waals surface area contributed by atoms with Crippen LogP contribution >= 0.6 is 23.2 Å². The molecule has 0 bridgehead atoms. The van der Waals surface area contributed by atoms with E-state index < -0.39 is 5.69 Å². The number of nitrogens with one attached hydrogen (secondary N) is 2. The van der Waals surface area contributed by atoms with Gasteiger partial charge in [-0.3, -0.25) is 0 Å². The third-order valence-corrected chi connectivity index (χ3v) is 3.54. The van der Waals surface area contributed by atoms with Gasteiger partial charge in [-0.05, 0) is 18.6 Å². The molecule has 0 aliphatic carbocycles. The maximum absolute atomic E-state index is 11.6. The second-order valence-corrected chi connectivity index (χ2v) is 4.83. The highest BCUT2D eigenvalue weighted by Crippen LogP contribution is 2.37. The molecule has 3 rings (SSSR count). The number of anilines is 1. The maximum atomic E-state index is 11.6. The van der Waals surface area contributed by atoms with Gasteiger partial charge >= 0.3 is 5.69 Å². The highest BCUT2D eigenvalue weighted by Gasteiger charge is 2.21. The predicted octanol–water partition coefficient (Wildman–Crippen LogP) is 2.71. The van der Waals surface area contributed by atoms with Gasteiger partial charge in [0.1, 0.15) is 5.82 Å². The Bertz CT molecular complexity index is 661. The van der Waals surface area contributed by atoms with Gasteiger partial charge < -0.3 is 10.3 Å². The van der Waals surface area contributed by atoms with E-state index in [1.54, 1.807) is 18.2 Å². The summed E-state index contributed by atoms with van der Waals surface area (Å²) in [6.07, 6.45) is 0.788. The minimum Gasteiger partial charge on any atom is -0.369 e. The fourth-order valence-electron chi connectivity index (χ4n) is 2.14. The molecule has 6 heteroatoms. The van der Waals surface area contributed by atoms with Crippen molar-refractivity contribution in [1.29, 1.82) is 0 Å². The minimum absolute atomic E-state index is 0.408. The van der Waals surface area contributed by atoms with E-state index in [0.29, 0.717) is 27.1 Å². The van der Waals surface area contributed by atoms with Crippen LogP contribution in [0.3, 0.4) is 0 Å². The van der Waals surface area contributed by atoms with Crippen LogP contribution in [0.1, 0.15) is 5.56 Å². The molecule has 18 heavy (non-hydrogen) atoms. The molecule has 0 spiro atoms. The van der Waals surface area contributed by atoms with Crippen LogP contribution in [0.25, 0.3) is 11.3 Å². The highest BCUT2D eigenvalue weighted by atomic mass is 35.5. The molecule has 1 aromatic heterocycles. The summed E-state index contributed by atoms with van der Waals surface area (Å²) in [4.78, 5) is 18.2. The average molecular weight is 282 g/mol. The summed E-state index contributed by atoms with van der Waals surface area (Å²) >= 11 is 12.3. The molecule has 0 saturated carbocycles. The lowest BCUT2D eigenvalue weighted by atomic mass is 10.1. The first-order valence-corrected chi connectivity index (χ1v) is 6.24. The third-order valence-electron chi connectivity index (χ3n) is 2.91. The van der Waals surface area contributed by atoms with Crippen LogP contribution in [0.5, 0.6) is 0 Å². The lowest BCUT2D eigenvalue weighted by Gasteiger charge is -2.10. The highest BCUT2D eigenvalue weighted by molar-refractivity contribution is 6.39. The van der Waals surface area contributed by atoms with E-state index in [2.05, 4.69) is 15.3 Å². The van der Waals surface area contributed by atoms with E-state index in [4.69, 9.17) is 23.2 Å². The van der Waals surface area contributed by atoms with Gasteiger partial charge in [-0.1, -0.05) is 29.3 Å². The number of hydrogen-bond acceptors (Lipinski definition) is 3. The van der Waals surface area contributed by atoms with Crippen molar-refractivity contribution < 1.29 is 0 Å². The van der Waals surface area contributed by atoms with Gasteiger partial charge in [0.05, 0.1) is 15.7 Å². The number of benzene rings is 1. The first-order valence-electron chi connectivity index (χ1n) is 5.48. The summed E-state index contributed by atoms with van der Waals surface area (Å²) in [6, 6.07) is 5.26. The van der Waals surface area contributed by atoms with Crippen molar-refractivity contribution in [2.75, 3.05) is 11.9 Å². The second kappa shape index (κ2) is 4.30. The molecular weight excluding hydrogens is 273 g/mol. The number of hydrogen-bond donors (Lipinski definition) is 2. The minimum atomic E-state index is -0.408. The van der Waals surface area contributed by atoms with E-state index >= 15 is 0 Å². The summed E-state index contributed by atoms with van der Waals surface area (Å²) < 4.78 is 0. The van der Waals surface area contributed by atoms with Crippen LogP contribution in [0.2, 0.25) is 10.0 Å². The van der Waals surface area contributed by atoms with Crippen LogP contribution in [-0.4, -0.2) is 16.5 Å². The zero-order chi connectivity index (χ0) is 12.7. The van der Waals surface area contributed by atoms with E-state index in [1.807, 2.05) is 0 Å². The predicted molar refractivity (Wildman–Crippen MR) is 72.5 cm³/mol. The summed E-state index contributed by atoms with van der Waals surface area (Å²) in [5.41, 5.74) is 1.85. The van der Waals surface area contributed by atoms with Crippen LogP contribution in [0.15, 0.2) is 23.0 Å². The molecule has 0 saturated heterocycles. The molecule has 0 amide bonds. The van der Waals surface area contributed by atoms with E-state index in [0.717, 1.165) is 18.5 Å². The summed E-state index contributed by atoms with van der Waals surface area (Å²) in [5.74, 6) is 0.615. The standard InChI is InChI=1S/C12H9Cl2N3O/c13-7-2-1-3-8(14)9(7)10-6-4-5-15-11(6)17-12(18)16-10/h1-3H,4-5H2,(H2,15,16,17,18). The number of nitrogens with zero attached hydrogens (tertiary/aromatic N) is 1. The number of fused-ring (bicyclic) bond motifs is 1. The van der Waals surface area contributed by atoms with E-state index in [9.17, 15) is 4.79 Å². The Labute approximate surface area is 113 Å². The summed E-state index contributed by atoms with van der Waals surface area (Å²) in [6.45, 7) is 0.759. The Morgan fingerprint density at radius 1 is 1.22 bits per heavy atom. The second-order valence-electron chi connectivity index (χ2n) is 4.02. The third kappa shape index (κ3) is 1.78. The molecule has 4 nitrogen and oxygen atoms in total. The van der Waals surface area contributed by atoms with E-state index in [1.165, 1.54) is 0 Å². The quantitative estimate of drug-likeness (QED) is 0.845. The zero-order valence-electron chi connectivity index (χ0n) is 9.26. The lowest BCUT2D eigenvalue weighted by Crippen LogP contribution is -2.13. The van der Waals surface area contributed by atoms with Crippen molar-refractivity contribution >= 4 is 29.0 Å². The van der Waals surface area contributed by atoms with Gasteiger partial charge in [0.2, 0.25) is 0 Å². The molecule has 2 N–H and O–H groups in total. The summed E-state index contributed by atoms with van der Waals surface area (Å²) in [5, 5.41) is 4.10. The van der Waals surface area contributed by atoms with Gasteiger partial charge in [0.25, 0.3) is 0 Å². The topological polar surface area (TPSA) is 57.8 Å².